The minimum atomic E-state index is -3.04. The zero-order valence-electron chi connectivity index (χ0n) is 14.6. The molecule has 5 nitrogen and oxygen atoms in total. The van der Waals surface area contributed by atoms with Crippen LogP contribution in [-0.2, 0) is 6.54 Å². The zero-order chi connectivity index (χ0) is 20.3. The molecule has 0 aliphatic carbocycles. The predicted molar refractivity (Wildman–Crippen MR) is 106 cm³/mol. The number of aromatic nitrogens is 2. The number of nitrogens with zero attached hydrogens (tertiary/aromatic N) is 2. The van der Waals surface area contributed by atoms with Gasteiger partial charge in [0.05, 0.1) is 12.1 Å². The van der Waals surface area contributed by atoms with E-state index in [-0.39, 0.29) is 17.1 Å². The van der Waals surface area contributed by atoms with Crippen molar-refractivity contribution in [3.63, 3.8) is 0 Å². The first-order valence-corrected chi connectivity index (χ1v) is 9.34. The summed E-state index contributed by atoms with van der Waals surface area (Å²) < 4.78 is 31.9. The second-order valence-corrected chi connectivity index (χ2v) is 7.22. The molecule has 28 heavy (non-hydrogen) atoms. The van der Waals surface area contributed by atoms with E-state index in [1.54, 1.807) is 16.8 Å². The number of halogens is 4. The summed E-state index contributed by atoms with van der Waals surface area (Å²) in [5.41, 5.74) is 1.65. The highest BCUT2D eigenvalue weighted by Gasteiger charge is 2.18. The summed E-state index contributed by atoms with van der Waals surface area (Å²) in [6.07, 6.45) is 0. The largest absolute Gasteiger partial charge is 0.434 e. The standard InChI is InChI=1S/C19H15BrClF2N3O2/c1-11-8-17(25-26(11)10-12-4-2-3-5-15(12)21)24-18(27)14-9-13(20)6-7-16(14)28-19(22)23/h2-9,19H,10H2,1H3,(H,24,25,27). The van der Waals surface area contributed by atoms with Gasteiger partial charge in [-0.1, -0.05) is 45.7 Å². The Balaban J connectivity index is 1.80. The van der Waals surface area contributed by atoms with Gasteiger partial charge in [0.15, 0.2) is 5.82 Å². The zero-order valence-corrected chi connectivity index (χ0v) is 17.0. The van der Waals surface area contributed by atoms with E-state index in [4.69, 9.17) is 11.6 Å². The number of hydrogen-bond donors (Lipinski definition) is 1. The van der Waals surface area contributed by atoms with Gasteiger partial charge in [-0.3, -0.25) is 9.48 Å². The fourth-order valence-electron chi connectivity index (χ4n) is 2.58. The molecule has 0 aliphatic rings. The number of aryl methyl sites for hydroxylation is 1. The number of ether oxygens (including phenoxy) is 1. The third-order valence-electron chi connectivity index (χ3n) is 3.90. The smallest absolute Gasteiger partial charge is 0.387 e. The Bertz CT molecular complexity index is 1010. The molecule has 1 N–H and O–H groups in total. The van der Waals surface area contributed by atoms with E-state index in [0.29, 0.717) is 16.0 Å². The maximum absolute atomic E-state index is 12.6. The summed E-state index contributed by atoms with van der Waals surface area (Å²) in [5, 5.41) is 7.58. The minimum Gasteiger partial charge on any atom is -0.434 e. The summed E-state index contributed by atoms with van der Waals surface area (Å²) in [7, 11) is 0. The Morgan fingerprint density at radius 2 is 2.04 bits per heavy atom. The van der Waals surface area contributed by atoms with Crippen LogP contribution in [0, 0.1) is 6.92 Å². The van der Waals surface area contributed by atoms with Crippen LogP contribution in [0.15, 0.2) is 53.0 Å². The van der Waals surface area contributed by atoms with Gasteiger partial charge in [-0.05, 0) is 36.8 Å². The second-order valence-electron chi connectivity index (χ2n) is 5.89. The van der Waals surface area contributed by atoms with E-state index in [0.717, 1.165) is 11.3 Å². The molecule has 1 amide bonds. The number of carbonyl (C=O) groups excluding carboxylic acids is 1. The minimum absolute atomic E-state index is 0.0343. The van der Waals surface area contributed by atoms with Crippen molar-refractivity contribution in [2.45, 2.75) is 20.1 Å². The van der Waals surface area contributed by atoms with Crippen LogP contribution < -0.4 is 10.1 Å². The summed E-state index contributed by atoms with van der Waals surface area (Å²) in [4.78, 5) is 12.6. The molecule has 0 saturated carbocycles. The topological polar surface area (TPSA) is 56.1 Å². The molecule has 0 unspecified atom stereocenters. The summed E-state index contributed by atoms with van der Waals surface area (Å²) in [6.45, 7) is -0.771. The van der Waals surface area contributed by atoms with Crippen molar-refractivity contribution in [3.05, 3.63) is 74.8 Å². The highest BCUT2D eigenvalue weighted by Crippen LogP contribution is 2.26. The lowest BCUT2D eigenvalue weighted by atomic mass is 10.2. The number of benzene rings is 2. The monoisotopic (exact) mass is 469 g/mol. The van der Waals surface area contributed by atoms with Crippen molar-refractivity contribution in [1.82, 2.24) is 9.78 Å². The maximum Gasteiger partial charge on any atom is 0.387 e. The van der Waals surface area contributed by atoms with E-state index >= 15 is 0 Å². The number of nitrogens with one attached hydrogen (secondary N) is 1. The highest BCUT2D eigenvalue weighted by molar-refractivity contribution is 9.10. The molecule has 0 aliphatic heterocycles. The normalized spacial score (nSPS) is 10.9. The predicted octanol–water partition coefficient (Wildman–Crippen LogP) is 5.51. The van der Waals surface area contributed by atoms with Gasteiger partial charge in [0.25, 0.3) is 5.91 Å². The van der Waals surface area contributed by atoms with Gasteiger partial charge >= 0.3 is 6.61 Å². The van der Waals surface area contributed by atoms with Gasteiger partial charge in [-0.25, -0.2) is 0 Å². The van der Waals surface area contributed by atoms with Crippen LogP contribution in [0.3, 0.4) is 0 Å². The molecule has 0 atom stereocenters. The molecule has 0 saturated heterocycles. The van der Waals surface area contributed by atoms with Crippen molar-refractivity contribution in [2.24, 2.45) is 0 Å². The van der Waals surface area contributed by atoms with Crippen molar-refractivity contribution >= 4 is 39.3 Å². The number of rotatable bonds is 6. The molecule has 2 aromatic carbocycles. The van der Waals surface area contributed by atoms with E-state index in [2.05, 4.69) is 31.1 Å². The Kier molecular flexibility index (Phi) is 6.31. The number of hydrogen-bond acceptors (Lipinski definition) is 3. The van der Waals surface area contributed by atoms with Crippen LogP contribution in [0.5, 0.6) is 5.75 Å². The van der Waals surface area contributed by atoms with Crippen LogP contribution in [-0.4, -0.2) is 22.3 Å². The maximum atomic E-state index is 12.6. The van der Waals surface area contributed by atoms with Crippen LogP contribution >= 0.6 is 27.5 Å². The van der Waals surface area contributed by atoms with Gasteiger partial charge in [0, 0.05) is 21.3 Å². The summed E-state index contributed by atoms with van der Waals surface area (Å²) in [6, 6.07) is 13.3. The van der Waals surface area contributed by atoms with E-state index in [9.17, 15) is 13.6 Å². The molecule has 1 heterocycles. The van der Waals surface area contributed by atoms with Crippen LogP contribution in [0.25, 0.3) is 0 Å². The highest BCUT2D eigenvalue weighted by atomic mass is 79.9. The van der Waals surface area contributed by atoms with Gasteiger partial charge in [0.1, 0.15) is 5.75 Å². The molecule has 0 bridgehead atoms. The van der Waals surface area contributed by atoms with Gasteiger partial charge in [-0.2, -0.15) is 13.9 Å². The van der Waals surface area contributed by atoms with Gasteiger partial charge in [0.2, 0.25) is 0 Å². The quantitative estimate of drug-likeness (QED) is 0.517. The fraction of sp³-hybridized carbons (Fsp3) is 0.158. The summed E-state index contributed by atoms with van der Waals surface area (Å²) >= 11 is 9.40. The lowest BCUT2D eigenvalue weighted by Crippen LogP contribution is -2.15. The molecular weight excluding hydrogens is 456 g/mol. The molecule has 0 spiro atoms. The number of carbonyl (C=O) groups is 1. The lowest BCUT2D eigenvalue weighted by Gasteiger charge is -2.10. The van der Waals surface area contributed by atoms with Crippen molar-refractivity contribution in [1.29, 1.82) is 0 Å². The average Bonchev–Trinajstić information content (AvgIpc) is 2.97. The average molecular weight is 471 g/mol. The molecular formula is C19H15BrClF2N3O2. The lowest BCUT2D eigenvalue weighted by molar-refractivity contribution is -0.0501. The van der Waals surface area contributed by atoms with Crippen LogP contribution in [0.2, 0.25) is 5.02 Å². The molecule has 0 fully saturated rings. The molecule has 0 radical (unpaired) electrons. The third kappa shape index (κ3) is 4.88. The second kappa shape index (κ2) is 8.70. The number of anilines is 1. The van der Waals surface area contributed by atoms with E-state index in [1.165, 1.54) is 18.2 Å². The molecule has 9 heteroatoms. The van der Waals surface area contributed by atoms with Crippen molar-refractivity contribution in [2.75, 3.05) is 5.32 Å². The molecule has 3 aromatic rings. The van der Waals surface area contributed by atoms with E-state index in [1.807, 2.05) is 25.1 Å². The number of alkyl halides is 2. The Labute approximate surface area is 173 Å². The summed E-state index contributed by atoms with van der Waals surface area (Å²) in [5.74, 6) is -0.542. The number of amides is 1. The molecule has 146 valence electrons. The van der Waals surface area contributed by atoms with Gasteiger partial charge in [-0.15, -0.1) is 0 Å². The van der Waals surface area contributed by atoms with Gasteiger partial charge < -0.3 is 10.1 Å². The van der Waals surface area contributed by atoms with Crippen molar-refractivity contribution < 1.29 is 18.3 Å². The first-order valence-electron chi connectivity index (χ1n) is 8.17. The van der Waals surface area contributed by atoms with Crippen molar-refractivity contribution in [3.8, 4) is 5.75 Å². The Morgan fingerprint density at radius 1 is 1.29 bits per heavy atom. The Morgan fingerprint density at radius 3 is 2.75 bits per heavy atom. The third-order valence-corrected chi connectivity index (χ3v) is 4.77. The Hall–Kier alpha value is -2.45. The van der Waals surface area contributed by atoms with Crippen LogP contribution in [0.1, 0.15) is 21.6 Å². The fourth-order valence-corrected chi connectivity index (χ4v) is 3.14. The van der Waals surface area contributed by atoms with E-state index < -0.39 is 12.5 Å². The SMILES string of the molecule is Cc1cc(NC(=O)c2cc(Br)ccc2OC(F)F)nn1Cc1ccccc1Cl. The molecule has 1 aromatic heterocycles. The molecule has 3 rings (SSSR count). The first kappa shape index (κ1) is 20.3. The van der Waals surface area contributed by atoms with Crippen LogP contribution in [0.4, 0.5) is 14.6 Å². The first-order chi connectivity index (χ1) is 13.3.